The Morgan fingerprint density at radius 2 is 2.14 bits per heavy atom. The van der Waals surface area contributed by atoms with Gasteiger partial charge >= 0.3 is 0 Å². The minimum absolute atomic E-state index is 0.0480. The van der Waals surface area contributed by atoms with Crippen LogP contribution in [0, 0.1) is 34.0 Å². The number of carbonyl (C=O) groups is 1. The summed E-state index contributed by atoms with van der Waals surface area (Å²) in [5, 5.41) is 9.37. The van der Waals surface area contributed by atoms with Crippen molar-refractivity contribution in [2.75, 3.05) is 18.0 Å². The Labute approximate surface area is 131 Å². The van der Waals surface area contributed by atoms with E-state index in [2.05, 4.69) is 27.9 Å². The van der Waals surface area contributed by atoms with Gasteiger partial charge in [0.1, 0.15) is 11.7 Å². The lowest BCUT2D eigenvalue weighted by atomic mass is 9.51. The van der Waals surface area contributed by atoms with E-state index in [1.54, 1.807) is 18.6 Å². The van der Waals surface area contributed by atoms with Crippen LogP contribution in [0.1, 0.15) is 33.6 Å². The zero-order valence-electron chi connectivity index (χ0n) is 13.4. The number of fused-ring (bicyclic) bond motifs is 1. The first-order chi connectivity index (χ1) is 10.4. The summed E-state index contributed by atoms with van der Waals surface area (Å²) in [6.07, 6.45) is 6.75. The average Bonchev–Trinajstić information content (AvgIpc) is 2.51. The molecule has 2 heterocycles. The molecule has 1 aromatic heterocycles. The number of hydrogen-bond donors (Lipinski definition) is 0. The number of nitriles is 1. The molecule has 2 aliphatic rings. The molecule has 116 valence electrons. The van der Waals surface area contributed by atoms with Gasteiger partial charge in [0.05, 0.1) is 12.3 Å². The van der Waals surface area contributed by atoms with Crippen LogP contribution in [0.25, 0.3) is 0 Å². The van der Waals surface area contributed by atoms with Crippen molar-refractivity contribution in [1.29, 1.82) is 5.26 Å². The Balaban J connectivity index is 1.92. The zero-order valence-corrected chi connectivity index (χ0v) is 13.4. The highest BCUT2D eigenvalue weighted by molar-refractivity contribution is 5.89. The van der Waals surface area contributed by atoms with E-state index in [4.69, 9.17) is 0 Å². The second kappa shape index (κ2) is 5.05. The smallest absolute Gasteiger partial charge is 0.155 e. The maximum atomic E-state index is 12.6. The second-order valence-electron chi connectivity index (χ2n) is 7.45. The summed E-state index contributed by atoms with van der Waals surface area (Å²) in [6.45, 7) is 7.95. The average molecular weight is 298 g/mol. The van der Waals surface area contributed by atoms with Crippen LogP contribution >= 0.6 is 0 Å². The van der Waals surface area contributed by atoms with Gasteiger partial charge in [-0.3, -0.25) is 9.78 Å². The number of ketones is 1. The van der Waals surface area contributed by atoms with Crippen molar-refractivity contribution < 1.29 is 4.79 Å². The molecule has 0 N–H and O–H groups in total. The number of aromatic nitrogens is 2. The fraction of sp³-hybridized carbons (Fsp3) is 0.647. The first kappa shape index (κ1) is 15.0. The number of rotatable bonds is 1. The predicted octanol–water partition coefficient (Wildman–Crippen LogP) is 2.45. The minimum Gasteiger partial charge on any atom is -0.355 e. The Hall–Kier alpha value is -1.96. The SMILES string of the molecule is CC1(C)C(=O)C(C#N)C[C@@]2(C)CN(c3cnccn3)CCC12. The summed E-state index contributed by atoms with van der Waals surface area (Å²) >= 11 is 0. The fourth-order valence-electron chi connectivity index (χ4n) is 4.63. The molecule has 5 heteroatoms. The van der Waals surface area contributed by atoms with E-state index in [0.717, 1.165) is 25.3 Å². The van der Waals surface area contributed by atoms with E-state index in [9.17, 15) is 10.1 Å². The molecular weight excluding hydrogens is 276 g/mol. The third-order valence-electron chi connectivity index (χ3n) is 5.60. The molecule has 1 aromatic rings. The van der Waals surface area contributed by atoms with Crippen molar-refractivity contribution in [2.24, 2.45) is 22.7 Å². The van der Waals surface area contributed by atoms with Crippen molar-refractivity contribution in [3.63, 3.8) is 0 Å². The lowest BCUT2D eigenvalue weighted by molar-refractivity contribution is -0.145. The lowest BCUT2D eigenvalue weighted by Gasteiger charge is -2.56. The first-order valence-electron chi connectivity index (χ1n) is 7.83. The highest BCUT2D eigenvalue weighted by Gasteiger charge is 2.56. The highest BCUT2D eigenvalue weighted by atomic mass is 16.1. The number of hydrogen-bond acceptors (Lipinski definition) is 5. The third-order valence-corrected chi connectivity index (χ3v) is 5.60. The third kappa shape index (κ3) is 2.18. The molecule has 1 saturated heterocycles. The number of piperidine rings is 1. The number of anilines is 1. The molecule has 2 unspecified atom stereocenters. The van der Waals surface area contributed by atoms with E-state index in [-0.39, 0.29) is 11.2 Å². The molecule has 0 amide bonds. The van der Waals surface area contributed by atoms with Gasteiger partial charge in [-0.2, -0.15) is 5.26 Å². The van der Waals surface area contributed by atoms with Crippen LogP contribution in [0.15, 0.2) is 18.6 Å². The highest BCUT2D eigenvalue weighted by Crippen LogP contribution is 2.54. The van der Waals surface area contributed by atoms with Crippen molar-refractivity contribution in [3.8, 4) is 6.07 Å². The predicted molar refractivity (Wildman–Crippen MR) is 83.0 cm³/mol. The van der Waals surface area contributed by atoms with Crippen LogP contribution in [0.5, 0.6) is 0 Å². The summed E-state index contributed by atoms with van der Waals surface area (Å²) in [5.74, 6) is 0.818. The van der Waals surface area contributed by atoms with Gasteiger partial charge in [0, 0.05) is 30.9 Å². The summed E-state index contributed by atoms with van der Waals surface area (Å²) in [4.78, 5) is 23.3. The van der Waals surface area contributed by atoms with Crippen molar-refractivity contribution in [2.45, 2.75) is 33.6 Å². The van der Waals surface area contributed by atoms with E-state index in [0.29, 0.717) is 12.3 Å². The van der Waals surface area contributed by atoms with Crippen LogP contribution in [0.4, 0.5) is 5.82 Å². The monoisotopic (exact) mass is 298 g/mol. The standard InChI is InChI=1S/C17H22N4O/c1-16(2)13-4-7-21(14-10-19-5-6-20-14)11-17(13,3)8-12(9-18)15(16)22/h5-6,10,12-13H,4,7-8,11H2,1-3H3/t12?,13?,17-/m0/s1. The molecule has 0 radical (unpaired) electrons. The molecule has 1 saturated carbocycles. The molecule has 0 aromatic carbocycles. The Kier molecular flexibility index (Phi) is 3.43. The summed E-state index contributed by atoms with van der Waals surface area (Å²) < 4.78 is 0. The van der Waals surface area contributed by atoms with E-state index < -0.39 is 11.3 Å². The minimum atomic E-state index is -0.488. The van der Waals surface area contributed by atoms with Crippen molar-refractivity contribution in [1.82, 2.24) is 9.97 Å². The van der Waals surface area contributed by atoms with Gasteiger partial charge in [-0.25, -0.2) is 4.98 Å². The molecule has 1 aliphatic heterocycles. The summed E-state index contributed by atoms with van der Waals surface area (Å²) in [7, 11) is 0. The van der Waals surface area contributed by atoms with E-state index in [1.165, 1.54) is 0 Å². The van der Waals surface area contributed by atoms with Gasteiger partial charge in [-0.15, -0.1) is 0 Å². The van der Waals surface area contributed by atoms with Crippen LogP contribution in [-0.4, -0.2) is 28.8 Å². The molecule has 3 atom stereocenters. The molecule has 1 aliphatic carbocycles. The van der Waals surface area contributed by atoms with Crippen molar-refractivity contribution in [3.05, 3.63) is 18.6 Å². The van der Waals surface area contributed by atoms with Crippen LogP contribution < -0.4 is 4.90 Å². The van der Waals surface area contributed by atoms with Gasteiger partial charge in [0.25, 0.3) is 0 Å². The van der Waals surface area contributed by atoms with Crippen LogP contribution in [0.2, 0.25) is 0 Å². The fourth-order valence-corrected chi connectivity index (χ4v) is 4.63. The van der Waals surface area contributed by atoms with Gasteiger partial charge in [-0.1, -0.05) is 20.8 Å². The van der Waals surface area contributed by atoms with Gasteiger partial charge in [-0.05, 0) is 24.2 Å². The summed E-state index contributed by atoms with van der Waals surface area (Å²) in [5.41, 5.74) is -0.477. The van der Waals surface area contributed by atoms with Gasteiger partial charge < -0.3 is 4.90 Å². The molecule has 0 spiro atoms. The van der Waals surface area contributed by atoms with Crippen LogP contribution in [0.3, 0.4) is 0 Å². The van der Waals surface area contributed by atoms with Crippen molar-refractivity contribution >= 4 is 11.6 Å². The zero-order chi connectivity index (χ0) is 16.0. The van der Waals surface area contributed by atoms with E-state index in [1.807, 2.05) is 13.8 Å². The molecule has 2 fully saturated rings. The molecule has 3 rings (SSSR count). The second-order valence-corrected chi connectivity index (χ2v) is 7.45. The Bertz CT molecular complexity index is 621. The summed E-state index contributed by atoms with van der Waals surface area (Å²) in [6, 6.07) is 2.23. The first-order valence-corrected chi connectivity index (χ1v) is 7.83. The maximum Gasteiger partial charge on any atom is 0.155 e. The lowest BCUT2D eigenvalue weighted by Crippen LogP contribution is -2.59. The molecular formula is C17H22N4O. The normalized spacial score (nSPS) is 33.9. The quantitative estimate of drug-likeness (QED) is 0.796. The Morgan fingerprint density at radius 3 is 2.77 bits per heavy atom. The molecule has 22 heavy (non-hydrogen) atoms. The number of Topliss-reactive ketones (excluding diaryl/α,β-unsaturated/α-hetero) is 1. The Morgan fingerprint density at radius 1 is 1.36 bits per heavy atom. The van der Waals surface area contributed by atoms with Gasteiger partial charge in [0.15, 0.2) is 5.78 Å². The van der Waals surface area contributed by atoms with Crippen LogP contribution in [-0.2, 0) is 4.79 Å². The largest absolute Gasteiger partial charge is 0.355 e. The number of nitrogens with zero attached hydrogens (tertiary/aromatic N) is 4. The molecule has 0 bridgehead atoms. The topological polar surface area (TPSA) is 69.9 Å². The number of carbonyl (C=O) groups excluding carboxylic acids is 1. The van der Waals surface area contributed by atoms with E-state index >= 15 is 0 Å². The maximum absolute atomic E-state index is 12.6. The molecule has 5 nitrogen and oxygen atoms in total. The van der Waals surface area contributed by atoms with Gasteiger partial charge in [0.2, 0.25) is 0 Å².